The average molecular weight is 270 g/mol. The maximum atomic E-state index is 9.61. The number of hydrogen-bond donors (Lipinski definition) is 2. The molecule has 1 saturated carbocycles. The van der Waals surface area contributed by atoms with Crippen molar-refractivity contribution in [2.24, 2.45) is 5.92 Å². The molecule has 2 aliphatic rings. The van der Waals surface area contributed by atoms with E-state index in [2.05, 4.69) is 17.1 Å². The minimum absolute atomic E-state index is 0.0927. The van der Waals surface area contributed by atoms with Crippen LogP contribution < -0.4 is 5.32 Å². The highest BCUT2D eigenvalue weighted by atomic mass is 16.5. The Bertz CT molecular complexity index is 263. The number of piperidine rings is 1. The second-order valence-electron chi connectivity index (χ2n) is 6.63. The molecular formula is C15H30N2O2. The fraction of sp³-hybridized carbons (Fsp3) is 1.00. The van der Waals surface area contributed by atoms with E-state index < -0.39 is 0 Å². The van der Waals surface area contributed by atoms with Crippen LogP contribution in [0.1, 0.15) is 39.0 Å². The standard InChI is InChI=1S/C15H30N2O2/c1-15(12-18,16-14-3-4-14)7-10-17-8-5-13(6-9-17)11-19-2/h13-14,16,18H,3-12H2,1-2H3. The maximum Gasteiger partial charge on any atom is 0.0611 e. The van der Waals surface area contributed by atoms with Gasteiger partial charge >= 0.3 is 0 Å². The Kier molecular flexibility index (Phi) is 5.63. The Morgan fingerprint density at radius 2 is 1.95 bits per heavy atom. The molecule has 2 rings (SSSR count). The van der Waals surface area contributed by atoms with Gasteiger partial charge in [0.25, 0.3) is 0 Å². The van der Waals surface area contributed by atoms with Gasteiger partial charge in [-0.05, 0) is 64.6 Å². The first kappa shape index (κ1) is 15.2. The molecule has 4 nitrogen and oxygen atoms in total. The van der Waals surface area contributed by atoms with E-state index in [1.807, 2.05) is 0 Å². The van der Waals surface area contributed by atoms with Gasteiger partial charge in [-0.3, -0.25) is 0 Å². The van der Waals surface area contributed by atoms with Gasteiger partial charge in [0.1, 0.15) is 0 Å². The van der Waals surface area contributed by atoms with E-state index in [0.29, 0.717) is 6.04 Å². The quantitative estimate of drug-likeness (QED) is 0.696. The summed E-state index contributed by atoms with van der Waals surface area (Å²) in [4.78, 5) is 2.54. The summed E-state index contributed by atoms with van der Waals surface area (Å²) in [6.07, 6.45) is 6.09. The zero-order valence-electron chi connectivity index (χ0n) is 12.5. The van der Waals surface area contributed by atoms with Gasteiger partial charge in [0.2, 0.25) is 0 Å². The molecular weight excluding hydrogens is 240 g/mol. The summed E-state index contributed by atoms with van der Waals surface area (Å²) in [5, 5.41) is 13.2. The lowest BCUT2D eigenvalue weighted by molar-refractivity contribution is 0.0886. The summed E-state index contributed by atoms with van der Waals surface area (Å²) in [6.45, 7) is 6.76. The third-order valence-electron chi connectivity index (χ3n) is 4.57. The van der Waals surface area contributed by atoms with Crippen molar-refractivity contribution in [1.82, 2.24) is 10.2 Å². The predicted octanol–water partition coefficient (Wildman–Crippen LogP) is 1.24. The molecule has 0 aromatic rings. The molecule has 0 aromatic heterocycles. The molecule has 1 unspecified atom stereocenters. The maximum absolute atomic E-state index is 9.61. The van der Waals surface area contributed by atoms with Crippen molar-refractivity contribution in [2.75, 3.05) is 40.0 Å². The second kappa shape index (κ2) is 7.02. The molecule has 1 atom stereocenters. The second-order valence-corrected chi connectivity index (χ2v) is 6.63. The van der Waals surface area contributed by atoms with Crippen molar-refractivity contribution < 1.29 is 9.84 Å². The molecule has 0 aromatic carbocycles. The number of rotatable bonds is 8. The molecule has 2 fully saturated rings. The first-order chi connectivity index (χ1) is 9.15. The average Bonchev–Trinajstić information content (AvgIpc) is 3.22. The van der Waals surface area contributed by atoms with Crippen LogP contribution in [0.2, 0.25) is 0 Å². The lowest BCUT2D eigenvalue weighted by Gasteiger charge is -2.35. The molecule has 0 radical (unpaired) electrons. The van der Waals surface area contributed by atoms with Crippen LogP contribution >= 0.6 is 0 Å². The van der Waals surface area contributed by atoms with Crippen molar-refractivity contribution in [3.8, 4) is 0 Å². The van der Waals surface area contributed by atoms with Crippen LogP contribution in [0.25, 0.3) is 0 Å². The van der Waals surface area contributed by atoms with Crippen LogP contribution in [0.4, 0.5) is 0 Å². The lowest BCUT2D eigenvalue weighted by Crippen LogP contribution is -2.49. The van der Waals surface area contributed by atoms with Crippen LogP contribution in [0.3, 0.4) is 0 Å². The minimum Gasteiger partial charge on any atom is -0.394 e. The number of likely N-dealkylation sites (tertiary alicyclic amines) is 1. The third-order valence-corrected chi connectivity index (χ3v) is 4.57. The van der Waals surface area contributed by atoms with Crippen LogP contribution in [-0.2, 0) is 4.74 Å². The van der Waals surface area contributed by atoms with Crippen LogP contribution in [-0.4, -0.2) is 61.5 Å². The molecule has 19 heavy (non-hydrogen) atoms. The fourth-order valence-electron chi connectivity index (χ4n) is 2.93. The SMILES string of the molecule is COCC1CCN(CCC(C)(CO)NC2CC2)CC1. The van der Waals surface area contributed by atoms with Crippen molar-refractivity contribution in [3.05, 3.63) is 0 Å². The summed E-state index contributed by atoms with van der Waals surface area (Å²) in [6, 6.07) is 0.657. The van der Waals surface area contributed by atoms with Crippen molar-refractivity contribution in [1.29, 1.82) is 0 Å². The molecule has 2 N–H and O–H groups in total. The van der Waals surface area contributed by atoms with Crippen molar-refractivity contribution in [3.63, 3.8) is 0 Å². The number of aliphatic hydroxyl groups excluding tert-OH is 1. The Morgan fingerprint density at radius 1 is 1.26 bits per heavy atom. The number of methoxy groups -OCH3 is 1. The smallest absolute Gasteiger partial charge is 0.0611 e. The molecule has 0 spiro atoms. The Labute approximate surface area is 117 Å². The Hall–Kier alpha value is -0.160. The highest BCUT2D eigenvalue weighted by molar-refractivity contribution is 4.93. The van der Waals surface area contributed by atoms with E-state index in [1.165, 1.54) is 38.8 Å². The minimum atomic E-state index is -0.0927. The van der Waals surface area contributed by atoms with Gasteiger partial charge in [0.15, 0.2) is 0 Å². The van der Waals surface area contributed by atoms with E-state index in [4.69, 9.17) is 4.74 Å². The highest BCUT2D eigenvalue weighted by Crippen LogP contribution is 2.25. The van der Waals surface area contributed by atoms with Gasteiger partial charge in [0.05, 0.1) is 6.61 Å². The topological polar surface area (TPSA) is 44.7 Å². The molecule has 0 amide bonds. The number of hydrogen-bond acceptors (Lipinski definition) is 4. The zero-order valence-corrected chi connectivity index (χ0v) is 12.5. The molecule has 1 aliphatic carbocycles. The van der Waals surface area contributed by atoms with Crippen LogP contribution in [0.15, 0.2) is 0 Å². The van der Waals surface area contributed by atoms with Crippen LogP contribution in [0.5, 0.6) is 0 Å². The highest BCUT2D eigenvalue weighted by Gasteiger charge is 2.32. The summed E-state index contributed by atoms with van der Waals surface area (Å²) >= 11 is 0. The summed E-state index contributed by atoms with van der Waals surface area (Å²) in [5.74, 6) is 0.745. The lowest BCUT2D eigenvalue weighted by atomic mass is 9.95. The largest absolute Gasteiger partial charge is 0.394 e. The van der Waals surface area contributed by atoms with Gasteiger partial charge in [-0.1, -0.05) is 0 Å². The van der Waals surface area contributed by atoms with E-state index in [9.17, 15) is 5.11 Å². The molecule has 1 saturated heterocycles. The van der Waals surface area contributed by atoms with E-state index >= 15 is 0 Å². The van der Waals surface area contributed by atoms with Gasteiger partial charge < -0.3 is 20.1 Å². The van der Waals surface area contributed by atoms with Gasteiger partial charge in [-0.2, -0.15) is 0 Å². The van der Waals surface area contributed by atoms with Crippen molar-refractivity contribution in [2.45, 2.75) is 50.6 Å². The van der Waals surface area contributed by atoms with Crippen molar-refractivity contribution >= 4 is 0 Å². The first-order valence-corrected chi connectivity index (χ1v) is 7.75. The molecule has 1 heterocycles. The number of nitrogens with one attached hydrogen (secondary N) is 1. The predicted molar refractivity (Wildman–Crippen MR) is 77.3 cm³/mol. The number of aliphatic hydroxyl groups is 1. The molecule has 1 aliphatic heterocycles. The van der Waals surface area contributed by atoms with E-state index in [1.54, 1.807) is 7.11 Å². The summed E-state index contributed by atoms with van der Waals surface area (Å²) in [7, 11) is 1.79. The summed E-state index contributed by atoms with van der Waals surface area (Å²) < 4.78 is 5.24. The molecule has 112 valence electrons. The molecule has 0 bridgehead atoms. The van der Waals surface area contributed by atoms with Gasteiger partial charge in [-0.25, -0.2) is 0 Å². The normalized spacial score (nSPS) is 25.4. The monoisotopic (exact) mass is 270 g/mol. The first-order valence-electron chi connectivity index (χ1n) is 7.75. The zero-order chi connectivity index (χ0) is 13.7. The Balaban J connectivity index is 1.67. The number of ether oxygens (including phenoxy) is 1. The van der Waals surface area contributed by atoms with Crippen LogP contribution in [0, 0.1) is 5.92 Å². The van der Waals surface area contributed by atoms with E-state index in [-0.39, 0.29) is 12.1 Å². The number of nitrogens with zero attached hydrogens (tertiary/aromatic N) is 1. The summed E-state index contributed by atoms with van der Waals surface area (Å²) in [5.41, 5.74) is -0.0927. The van der Waals surface area contributed by atoms with Gasteiger partial charge in [-0.15, -0.1) is 0 Å². The third kappa shape index (κ3) is 5.03. The molecule has 4 heteroatoms. The van der Waals surface area contributed by atoms with Gasteiger partial charge in [0, 0.05) is 25.3 Å². The Morgan fingerprint density at radius 3 is 2.47 bits per heavy atom. The fourth-order valence-corrected chi connectivity index (χ4v) is 2.93. The van der Waals surface area contributed by atoms with E-state index in [0.717, 1.165) is 25.5 Å².